The third-order valence-corrected chi connectivity index (χ3v) is 18.7. The first kappa shape index (κ1) is 59.1. The lowest BCUT2D eigenvalue weighted by molar-refractivity contribution is -0.335. The number of hydrogen-bond acceptors (Lipinski definition) is 16. The van der Waals surface area contributed by atoms with Gasteiger partial charge < -0.3 is 58.5 Å². The fourth-order valence-electron chi connectivity index (χ4n) is 14.1. The number of fused-ring (bicyclic) bond motifs is 4. The second-order valence-electron chi connectivity index (χ2n) is 25.0. The van der Waals surface area contributed by atoms with E-state index in [0.29, 0.717) is 66.2 Å². The minimum Gasteiger partial charge on any atom is -0.462 e. The Morgan fingerprint density at radius 3 is 1.48 bits per heavy atom. The van der Waals surface area contributed by atoms with Crippen LogP contribution in [0.1, 0.15) is 153 Å². The van der Waals surface area contributed by atoms with E-state index in [0.717, 1.165) is 51.4 Å². The Labute approximate surface area is 467 Å². The van der Waals surface area contributed by atoms with E-state index in [-0.39, 0.29) is 60.9 Å². The number of carbonyl (C=O) groups excluding carboxylic acids is 2. The minimum atomic E-state index is -1.72. The predicted molar refractivity (Wildman–Crippen MR) is 297 cm³/mol. The highest BCUT2D eigenvalue weighted by Crippen LogP contribution is 2.49. The van der Waals surface area contributed by atoms with Gasteiger partial charge in [-0.05, 0) is 126 Å². The highest BCUT2D eigenvalue weighted by atomic mass is 16.7. The number of aliphatic hydroxyl groups is 2. The maximum atomic E-state index is 13.9. The summed E-state index contributed by atoms with van der Waals surface area (Å²) < 4.78 is 50.8. The number of nitrogens with zero attached hydrogens (tertiary/aromatic N) is 2. The molecule has 6 saturated heterocycles. The van der Waals surface area contributed by atoms with Crippen molar-refractivity contribution in [2.24, 2.45) is 45.8 Å². The van der Waals surface area contributed by atoms with E-state index < -0.39 is 71.0 Å². The van der Waals surface area contributed by atoms with Crippen LogP contribution >= 0.6 is 0 Å². The zero-order valence-electron chi connectivity index (χ0n) is 48.2. The minimum absolute atomic E-state index is 0.0431. The zero-order valence-corrected chi connectivity index (χ0v) is 48.2. The van der Waals surface area contributed by atoms with Crippen LogP contribution in [0.4, 0.5) is 0 Å². The van der Waals surface area contributed by atoms with E-state index in [1.165, 1.54) is 11.1 Å². The van der Waals surface area contributed by atoms with Gasteiger partial charge in [-0.15, -0.1) is 0 Å². The van der Waals surface area contributed by atoms with Crippen LogP contribution in [-0.4, -0.2) is 129 Å². The molecule has 6 fully saturated rings. The molecule has 16 nitrogen and oxygen atoms in total. The summed E-state index contributed by atoms with van der Waals surface area (Å²) in [6.07, 6.45) is 26.1. The average molecular weight is 1100 g/mol. The molecular formula is C63H88N2O14. The van der Waals surface area contributed by atoms with Gasteiger partial charge in [0.25, 0.3) is 0 Å². The van der Waals surface area contributed by atoms with Gasteiger partial charge in [0, 0.05) is 38.5 Å². The molecule has 0 aromatic rings. The molecule has 0 radical (unpaired) electrons. The van der Waals surface area contributed by atoms with Crippen molar-refractivity contribution in [1.82, 2.24) is 0 Å². The summed E-state index contributed by atoms with van der Waals surface area (Å²) in [5.41, 5.74) is 1.84. The molecule has 8 heterocycles. The number of esters is 2. The molecule has 0 unspecified atom stereocenters. The lowest BCUT2D eigenvalue weighted by atomic mass is 9.71. The molecule has 18 atom stereocenters. The number of carbonyl (C=O) groups is 2. The van der Waals surface area contributed by atoms with Crippen LogP contribution in [-0.2, 0) is 47.5 Å². The lowest BCUT2D eigenvalue weighted by Gasteiger charge is -2.49. The molecule has 10 aliphatic rings. The van der Waals surface area contributed by atoms with Crippen LogP contribution in [0.5, 0.6) is 0 Å². The van der Waals surface area contributed by atoms with Crippen LogP contribution in [0.25, 0.3) is 0 Å². The molecule has 8 aliphatic heterocycles. The third kappa shape index (κ3) is 12.2. The lowest BCUT2D eigenvalue weighted by Crippen LogP contribution is -2.57. The smallest absolute Gasteiger partial charge is 0.316 e. The normalized spacial score (nSPS) is 46.1. The van der Waals surface area contributed by atoms with Crippen molar-refractivity contribution in [3.63, 3.8) is 0 Å². The van der Waals surface area contributed by atoms with E-state index in [1.54, 1.807) is 26.0 Å². The molecule has 434 valence electrons. The van der Waals surface area contributed by atoms with E-state index in [1.807, 2.05) is 24.3 Å². The Hall–Kier alpha value is -4.52. The monoisotopic (exact) mass is 1100 g/mol. The summed E-state index contributed by atoms with van der Waals surface area (Å²) in [5.74, 6) is -3.22. The molecule has 0 saturated carbocycles. The SMILES string of the molecule is CC1=C[C@H]2C(=O)O[C@H]3C[C@@H](C/C=C(\C)C[C@@H](C)/C=C/C=C4CO[C@H](/C1=N\O)[C@@]42O)O[C@@]1(CC[C@H](C)[C@@H](C)O1)C3.CC[C@H]1O[C@]2(CC[C@@H]1C)C[C@@H]1C[C@@H](C/C=C(\C)C[C@@H](C)/C=C/C=C3CO[C@@H]4/C(=N\O)C(C)=C[C@@H](C(=O)O1)[C@]34O)O2. The fraction of sp³-hybridized carbons (Fsp3) is 0.683. The van der Waals surface area contributed by atoms with Crippen molar-refractivity contribution in [2.75, 3.05) is 13.2 Å². The van der Waals surface area contributed by atoms with Crippen LogP contribution < -0.4 is 0 Å². The Balaban J connectivity index is 0.000000192. The Bertz CT molecular complexity index is 2610. The standard InChI is InChI=1S/C32H45NO7.C31H43NO7/c1-6-27-21(4)12-13-31(40-27)17-25-16-24(39-31)11-10-20(3)14-19(2)8-7-9-23-18-37-29-28(33-36)22(5)15-26(30(34)38-25)32(23,29)35;1-18-7-6-8-23-17-36-28-27(32-35)21(4)14-26(31(23,28)34)29(33)37-25-15-24(10-9-19(2)13-18)39-30(16-25)12-11-20(3)22(5)38-30/h7-10,15,19,21,24-27,29,35-36H,6,11-14,16-18H2,1-5H3;6-9,14,18,20,22,24-26,28,34-35H,10-13,15-17H2,1-5H3/b8-7+,20-10+,23-9?,33-28-;7-6+,19-9+,23-8?,32-27-/t19-,21-,24+,25-,26-,27+,29+,31+,32+;18-,20-,22+,24+,25-,26-,28+,30-,31+/m00/s1. The second kappa shape index (κ2) is 24.1. The van der Waals surface area contributed by atoms with E-state index in [9.17, 15) is 30.2 Å². The first-order valence-corrected chi connectivity index (χ1v) is 29.3. The number of allylic oxidation sites excluding steroid dienone is 8. The van der Waals surface area contributed by atoms with Crippen molar-refractivity contribution >= 4 is 23.4 Å². The van der Waals surface area contributed by atoms with Crippen molar-refractivity contribution in [3.8, 4) is 0 Å². The van der Waals surface area contributed by atoms with E-state index >= 15 is 0 Å². The predicted octanol–water partition coefficient (Wildman–Crippen LogP) is 10.4. The van der Waals surface area contributed by atoms with Crippen LogP contribution in [0.3, 0.4) is 0 Å². The maximum Gasteiger partial charge on any atom is 0.316 e. The molecular weight excluding hydrogens is 1010 g/mol. The fourth-order valence-corrected chi connectivity index (χ4v) is 14.1. The molecule has 10 rings (SSSR count). The number of ether oxygens (including phenoxy) is 8. The highest BCUT2D eigenvalue weighted by molar-refractivity contribution is 6.07. The summed E-state index contributed by atoms with van der Waals surface area (Å²) in [7, 11) is 0. The third-order valence-electron chi connectivity index (χ3n) is 18.7. The first-order chi connectivity index (χ1) is 37.6. The van der Waals surface area contributed by atoms with Gasteiger partial charge in [-0.25, -0.2) is 0 Å². The van der Waals surface area contributed by atoms with Gasteiger partial charge >= 0.3 is 11.9 Å². The quantitative estimate of drug-likeness (QED) is 0.0833. The van der Waals surface area contributed by atoms with Gasteiger partial charge in [-0.2, -0.15) is 0 Å². The molecule has 2 spiro atoms. The topological polar surface area (TPSA) is 214 Å². The first-order valence-electron chi connectivity index (χ1n) is 29.3. The van der Waals surface area contributed by atoms with Crippen molar-refractivity contribution in [2.45, 2.75) is 224 Å². The van der Waals surface area contributed by atoms with Gasteiger partial charge in [0.15, 0.2) is 11.6 Å². The molecule has 4 N–H and O–H groups in total. The maximum absolute atomic E-state index is 13.9. The van der Waals surface area contributed by atoms with Gasteiger partial charge in [0.05, 0.1) is 37.6 Å². The summed E-state index contributed by atoms with van der Waals surface area (Å²) >= 11 is 0. The van der Waals surface area contributed by atoms with Crippen LogP contribution in [0.15, 0.2) is 105 Å². The van der Waals surface area contributed by atoms with Crippen LogP contribution in [0.2, 0.25) is 0 Å². The second-order valence-corrected chi connectivity index (χ2v) is 25.0. The summed E-state index contributed by atoms with van der Waals surface area (Å²) in [4.78, 5) is 27.8. The molecule has 4 bridgehead atoms. The number of hydrogen-bond donors (Lipinski definition) is 4. The van der Waals surface area contributed by atoms with Crippen LogP contribution in [0, 0.1) is 35.5 Å². The Morgan fingerprint density at radius 2 is 1.05 bits per heavy atom. The molecule has 16 heteroatoms. The molecule has 0 aromatic heterocycles. The average Bonchev–Trinajstić information content (AvgIpc) is 4.00. The Kier molecular flexibility index (Phi) is 18.1. The molecule has 0 aromatic carbocycles. The van der Waals surface area contributed by atoms with Gasteiger partial charge in [0.1, 0.15) is 58.9 Å². The van der Waals surface area contributed by atoms with Crippen molar-refractivity contribution < 1.29 is 68.1 Å². The summed E-state index contributed by atoms with van der Waals surface area (Å²) in [6.45, 7) is 21.0. The van der Waals surface area contributed by atoms with E-state index in [2.05, 4.69) is 90.0 Å². The van der Waals surface area contributed by atoms with Gasteiger partial charge in [-0.1, -0.05) is 117 Å². The van der Waals surface area contributed by atoms with Gasteiger partial charge in [0.2, 0.25) is 0 Å². The van der Waals surface area contributed by atoms with Crippen molar-refractivity contribution in [3.05, 3.63) is 94.2 Å². The van der Waals surface area contributed by atoms with E-state index in [4.69, 9.17) is 37.9 Å². The summed E-state index contributed by atoms with van der Waals surface area (Å²) in [5, 5.41) is 50.5. The van der Waals surface area contributed by atoms with Crippen molar-refractivity contribution in [1.29, 1.82) is 0 Å². The highest BCUT2D eigenvalue weighted by Gasteiger charge is 2.61. The molecule has 0 amide bonds. The largest absolute Gasteiger partial charge is 0.462 e. The number of rotatable bonds is 1. The Morgan fingerprint density at radius 1 is 0.608 bits per heavy atom. The number of oxime groups is 2. The molecule has 79 heavy (non-hydrogen) atoms. The molecule has 2 aliphatic carbocycles. The summed E-state index contributed by atoms with van der Waals surface area (Å²) in [6, 6.07) is 0. The zero-order chi connectivity index (χ0) is 56.6. The van der Waals surface area contributed by atoms with Gasteiger partial charge in [-0.3, -0.25) is 9.59 Å².